The maximum atomic E-state index is 12.9. The smallest absolute Gasteiger partial charge is 0.277 e. The Morgan fingerprint density at radius 3 is 2.03 bits per heavy atom. The molecule has 3 aromatic carbocycles. The summed E-state index contributed by atoms with van der Waals surface area (Å²) in [5.74, 6) is 0.191. The number of nitro benzene ring substituents is 2. The van der Waals surface area contributed by atoms with Gasteiger partial charge >= 0.3 is 0 Å². The van der Waals surface area contributed by atoms with Crippen molar-refractivity contribution in [3.63, 3.8) is 0 Å². The maximum absolute atomic E-state index is 12.9. The van der Waals surface area contributed by atoms with E-state index in [2.05, 4.69) is 22.3 Å². The molecule has 1 aliphatic heterocycles. The van der Waals surface area contributed by atoms with Crippen LogP contribution in [0.15, 0.2) is 72.8 Å². The van der Waals surface area contributed by atoms with Crippen LogP contribution in [0.1, 0.15) is 10.4 Å². The van der Waals surface area contributed by atoms with Crippen molar-refractivity contribution in [1.82, 2.24) is 15.1 Å². The van der Waals surface area contributed by atoms with Crippen LogP contribution in [0, 0.1) is 20.2 Å². The van der Waals surface area contributed by atoms with Crippen LogP contribution in [-0.2, 0) is 0 Å². The minimum absolute atomic E-state index is 0.0797. The Hall–Kier alpha value is -4.93. The average molecular weight is 484 g/mol. The van der Waals surface area contributed by atoms with Gasteiger partial charge < -0.3 is 9.80 Å². The van der Waals surface area contributed by atoms with E-state index in [1.54, 1.807) is 0 Å². The Balaban J connectivity index is 1.27. The average Bonchev–Trinajstić information content (AvgIpc) is 2.92. The van der Waals surface area contributed by atoms with E-state index in [1.807, 2.05) is 47.4 Å². The van der Waals surface area contributed by atoms with E-state index >= 15 is 0 Å². The number of carbonyl (C=O) groups is 1. The highest BCUT2D eigenvalue weighted by atomic mass is 16.6. The van der Waals surface area contributed by atoms with E-state index in [4.69, 9.17) is 0 Å². The van der Waals surface area contributed by atoms with Gasteiger partial charge in [0.05, 0.1) is 27.2 Å². The van der Waals surface area contributed by atoms with E-state index in [0.717, 1.165) is 40.2 Å². The van der Waals surface area contributed by atoms with Crippen LogP contribution in [0.5, 0.6) is 0 Å². The molecular weight excluding hydrogens is 464 g/mol. The topological polar surface area (TPSA) is 136 Å². The molecule has 0 unspecified atom stereocenters. The van der Waals surface area contributed by atoms with E-state index < -0.39 is 27.1 Å². The lowest BCUT2D eigenvalue weighted by molar-refractivity contribution is -0.394. The van der Waals surface area contributed by atoms with Gasteiger partial charge in [-0.05, 0) is 29.0 Å². The third-order valence-corrected chi connectivity index (χ3v) is 6.16. The number of nitrogens with zero attached hydrogens (tertiary/aromatic N) is 6. The number of aromatic nitrogens is 2. The van der Waals surface area contributed by atoms with E-state index in [9.17, 15) is 25.0 Å². The number of benzene rings is 3. The van der Waals surface area contributed by atoms with E-state index in [0.29, 0.717) is 32.0 Å². The molecule has 11 nitrogen and oxygen atoms in total. The van der Waals surface area contributed by atoms with Crippen molar-refractivity contribution >= 4 is 33.9 Å². The molecule has 0 atom stereocenters. The molecule has 2 heterocycles. The molecule has 1 aromatic heterocycles. The summed E-state index contributed by atoms with van der Waals surface area (Å²) >= 11 is 0. The predicted molar refractivity (Wildman–Crippen MR) is 133 cm³/mol. The van der Waals surface area contributed by atoms with Crippen molar-refractivity contribution in [3.8, 4) is 11.3 Å². The second-order valence-electron chi connectivity index (χ2n) is 8.37. The Labute approximate surface area is 204 Å². The molecule has 180 valence electrons. The molecule has 5 rings (SSSR count). The number of piperazine rings is 1. The third-order valence-electron chi connectivity index (χ3n) is 6.16. The fourth-order valence-corrected chi connectivity index (χ4v) is 4.25. The first-order chi connectivity index (χ1) is 17.4. The lowest BCUT2D eigenvalue weighted by Crippen LogP contribution is -2.49. The molecule has 0 radical (unpaired) electrons. The number of carbonyl (C=O) groups excluding carboxylic acids is 1. The fourth-order valence-electron chi connectivity index (χ4n) is 4.25. The molecule has 0 saturated carbocycles. The second kappa shape index (κ2) is 9.37. The molecule has 1 fully saturated rings. The molecule has 1 aliphatic rings. The van der Waals surface area contributed by atoms with Crippen LogP contribution in [0.4, 0.5) is 17.2 Å². The highest BCUT2D eigenvalue weighted by molar-refractivity contribution is 5.95. The number of non-ortho nitro benzene ring substituents is 2. The van der Waals surface area contributed by atoms with Crippen LogP contribution in [0.3, 0.4) is 0 Å². The van der Waals surface area contributed by atoms with E-state index in [-0.39, 0.29) is 5.56 Å². The lowest BCUT2D eigenvalue weighted by Gasteiger charge is -2.35. The van der Waals surface area contributed by atoms with Gasteiger partial charge in [-0.15, -0.1) is 10.2 Å². The minimum atomic E-state index is -0.748. The number of hydrogen-bond acceptors (Lipinski definition) is 8. The highest BCUT2D eigenvalue weighted by Crippen LogP contribution is 2.26. The first-order valence-electron chi connectivity index (χ1n) is 11.2. The lowest BCUT2D eigenvalue weighted by atomic mass is 10.1. The summed E-state index contributed by atoms with van der Waals surface area (Å²) < 4.78 is 0. The van der Waals surface area contributed by atoms with Crippen molar-refractivity contribution in [2.24, 2.45) is 0 Å². The van der Waals surface area contributed by atoms with Gasteiger partial charge in [0.25, 0.3) is 17.3 Å². The molecule has 0 aliphatic carbocycles. The van der Waals surface area contributed by atoms with Gasteiger partial charge in [-0.1, -0.05) is 36.4 Å². The van der Waals surface area contributed by atoms with Gasteiger partial charge in [-0.3, -0.25) is 25.0 Å². The quantitative estimate of drug-likeness (QED) is 0.305. The summed E-state index contributed by atoms with van der Waals surface area (Å²) in [5.41, 5.74) is 0.657. The molecular formula is C25H20N6O5. The van der Waals surface area contributed by atoms with Gasteiger partial charge in [0.1, 0.15) is 0 Å². The number of nitro groups is 2. The van der Waals surface area contributed by atoms with Crippen LogP contribution in [0.25, 0.3) is 22.0 Å². The standard InChI is InChI=1S/C25H20N6O5/c32-25(20-14-21(30(33)34)16-22(15-20)31(35)36)29-11-9-28(10-12-29)24-8-7-23(26-27-24)19-6-5-17-3-1-2-4-18(17)13-19/h1-8,13-16H,9-12H2. The monoisotopic (exact) mass is 484 g/mol. The summed E-state index contributed by atoms with van der Waals surface area (Å²) in [5, 5.41) is 33.3. The zero-order valence-electron chi connectivity index (χ0n) is 19.0. The van der Waals surface area contributed by atoms with Crippen LogP contribution in [-0.4, -0.2) is 57.0 Å². The minimum Gasteiger partial charge on any atom is -0.352 e. The van der Waals surface area contributed by atoms with Gasteiger partial charge in [-0.2, -0.15) is 0 Å². The molecule has 1 amide bonds. The Bertz CT molecular complexity index is 1450. The third kappa shape index (κ3) is 4.53. The van der Waals surface area contributed by atoms with E-state index in [1.165, 1.54) is 4.90 Å². The molecule has 0 N–H and O–H groups in total. The summed E-state index contributed by atoms with van der Waals surface area (Å²) in [6.07, 6.45) is 0. The number of anilines is 1. The number of fused-ring (bicyclic) bond motifs is 1. The largest absolute Gasteiger partial charge is 0.352 e. The second-order valence-corrected chi connectivity index (χ2v) is 8.37. The van der Waals surface area contributed by atoms with Crippen molar-refractivity contribution in [2.45, 2.75) is 0 Å². The van der Waals surface area contributed by atoms with Crippen molar-refractivity contribution in [2.75, 3.05) is 31.1 Å². The normalized spacial score (nSPS) is 13.6. The van der Waals surface area contributed by atoms with Gasteiger partial charge in [0.15, 0.2) is 5.82 Å². The summed E-state index contributed by atoms with van der Waals surface area (Å²) in [6.45, 7) is 1.63. The van der Waals surface area contributed by atoms with Crippen LogP contribution >= 0.6 is 0 Å². The molecule has 0 bridgehead atoms. The molecule has 36 heavy (non-hydrogen) atoms. The predicted octanol–water partition coefficient (Wildman–Crippen LogP) is 4.08. The summed E-state index contributed by atoms with van der Waals surface area (Å²) in [6, 6.07) is 21.0. The summed E-state index contributed by atoms with van der Waals surface area (Å²) in [4.78, 5) is 37.2. The molecule has 11 heteroatoms. The first-order valence-corrected chi connectivity index (χ1v) is 11.2. The van der Waals surface area contributed by atoms with Crippen molar-refractivity contribution < 1.29 is 14.6 Å². The number of rotatable bonds is 5. The van der Waals surface area contributed by atoms with Crippen molar-refractivity contribution in [1.29, 1.82) is 0 Å². The Morgan fingerprint density at radius 1 is 0.750 bits per heavy atom. The first kappa shape index (κ1) is 22.8. The zero-order valence-corrected chi connectivity index (χ0v) is 19.0. The highest BCUT2D eigenvalue weighted by Gasteiger charge is 2.26. The van der Waals surface area contributed by atoms with Crippen LogP contribution in [0.2, 0.25) is 0 Å². The molecule has 4 aromatic rings. The summed E-state index contributed by atoms with van der Waals surface area (Å²) in [7, 11) is 0. The fraction of sp³-hybridized carbons (Fsp3) is 0.160. The van der Waals surface area contributed by atoms with Gasteiger partial charge in [-0.25, -0.2) is 0 Å². The number of amides is 1. The SMILES string of the molecule is O=C(c1cc([N+](=O)[O-])cc([N+](=O)[O-])c1)N1CCN(c2ccc(-c3ccc4ccccc4c3)nn2)CC1. The molecule has 0 spiro atoms. The van der Waals surface area contributed by atoms with Crippen molar-refractivity contribution in [3.05, 3.63) is 98.6 Å². The zero-order chi connectivity index (χ0) is 25.2. The molecule has 1 saturated heterocycles. The van der Waals surface area contributed by atoms with Crippen LogP contribution < -0.4 is 4.90 Å². The Kier molecular flexibility index (Phi) is 5.95. The Morgan fingerprint density at radius 2 is 1.42 bits per heavy atom. The number of hydrogen-bond donors (Lipinski definition) is 0. The van der Waals surface area contributed by atoms with Gasteiger partial charge in [0.2, 0.25) is 0 Å². The maximum Gasteiger partial charge on any atom is 0.277 e. The van der Waals surface area contributed by atoms with Gasteiger partial charge in [0, 0.05) is 43.9 Å².